The largest absolute Gasteiger partial charge is 0.460 e. The molecule has 15 heavy (non-hydrogen) atoms. The molecule has 0 aromatic carbocycles. The summed E-state index contributed by atoms with van der Waals surface area (Å²) in [6, 6.07) is 1.14. The highest BCUT2D eigenvalue weighted by atomic mass is 16.3. The first kappa shape index (κ1) is 10.3. The lowest BCUT2D eigenvalue weighted by atomic mass is 10.2. The average molecular weight is 206 g/mol. The summed E-state index contributed by atoms with van der Waals surface area (Å²) in [7, 11) is 0. The number of furan rings is 1. The molecule has 0 saturated heterocycles. The number of hydrogen-bond acceptors (Lipinski definition) is 3. The standard InChI is InChI=1S/C6H2N6O3/c7-11-9-5(13)3-1-2-15-4(3)6(14)10-12-8/h1-2H. The molecule has 9 nitrogen and oxygen atoms in total. The summed E-state index contributed by atoms with van der Waals surface area (Å²) in [4.78, 5) is 26.6. The van der Waals surface area contributed by atoms with E-state index in [1.54, 1.807) is 0 Å². The Morgan fingerprint density at radius 2 is 1.80 bits per heavy atom. The van der Waals surface area contributed by atoms with E-state index in [4.69, 9.17) is 11.1 Å². The molecule has 1 aromatic heterocycles. The molecule has 0 saturated carbocycles. The van der Waals surface area contributed by atoms with E-state index in [9.17, 15) is 9.59 Å². The fourth-order valence-electron chi connectivity index (χ4n) is 0.824. The second-order valence-corrected chi connectivity index (χ2v) is 2.15. The highest BCUT2D eigenvalue weighted by Gasteiger charge is 2.18. The molecular formula is C6H2N6O3. The van der Waals surface area contributed by atoms with Gasteiger partial charge >= 0.3 is 0 Å². The maximum atomic E-state index is 11.1. The Morgan fingerprint density at radius 3 is 2.40 bits per heavy atom. The smallest absolute Gasteiger partial charge is 0.284 e. The zero-order valence-electron chi connectivity index (χ0n) is 7.06. The Hall–Kier alpha value is -2.76. The van der Waals surface area contributed by atoms with Crippen molar-refractivity contribution in [3.8, 4) is 0 Å². The molecule has 0 aliphatic carbocycles. The first-order valence-electron chi connectivity index (χ1n) is 3.47. The number of carbonyl (C=O) groups is 2. The van der Waals surface area contributed by atoms with Gasteiger partial charge in [-0.3, -0.25) is 9.59 Å². The van der Waals surface area contributed by atoms with Crippen LogP contribution in [0.5, 0.6) is 0 Å². The van der Waals surface area contributed by atoms with E-state index in [1.165, 1.54) is 0 Å². The summed E-state index contributed by atoms with van der Waals surface area (Å²) >= 11 is 0. The van der Waals surface area contributed by atoms with Gasteiger partial charge in [0.1, 0.15) is 0 Å². The molecule has 0 aliphatic rings. The van der Waals surface area contributed by atoms with Gasteiger partial charge in [0.25, 0.3) is 11.8 Å². The fourth-order valence-corrected chi connectivity index (χ4v) is 0.824. The zero-order chi connectivity index (χ0) is 11.3. The minimum Gasteiger partial charge on any atom is -0.460 e. The normalized spacial score (nSPS) is 8.53. The van der Waals surface area contributed by atoms with Crippen molar-refractivity contribution in [3.63, 3.8) is 0 Å². The molecule has 1 aromatic rings. The van der Waals surface area contributed by atoms with Crippen LogP contribution in [0, 0.1) is 0 Å². The molecule has 0 bridgehead atoms. The van der Waals surface area contributed by atoms with Crippen LogP contribution in [0.15, 0.2) is 27.0 Å². The molecule has 1 rings (SSSR count). The van der Waals surface area contributed by atoms with Gasteiger partial charge in [-0.25, -0.2) is 0 Å². The summed E-state index contributed by atoms with van der Waals surface area (Å²) in [6.45, 7) is 0. The van der Waals surface area contributed by atoms with Gasteiger partial charge in [-0.05, 0) is 27.4 Å². The van der Waals surface area contributed by atoms with Crippen molar-refractivity contribution in [2.24, 2.45) is 10.2 Å². The Balaban J connectivity index is 3.17. The molecule has 0 unspecified atom stereocenters. The van der Waals surface area contributed by atoms with E-state index in [0.29, 0.717) is 0 Å². The minimum atomic E-state index is -1.06. The molecule has 74 valence electrons. The third-order valence-electron chi connectivity index (χ3n) is 1.36. The number of rotatable bonds is 2. The highest BCUT2D eigenvalue weighted by Crippen LogP contribution is 2.13. The van der Waals surface area contributed by atoms with Crippen LogP contribution in [0.3, 0.4) is 0 Å². The molecule has 1 heterocycles. The minimum absolute atomic E-state index is 0.245. The highest BCUT2D eigenvalue weighted by molar-refractivity contribution is 6.06. The Kier molecular flexibility index (Phi) is 3.08. The van der Waals surface area contributed by atoms with Crippen LogP contribution in [0.4, 0.5) is 0 Å². The van der Waals surface area contributed by atoms with Crippen molar-refractivity contribution in [1.82, 2.24) is 0 Å². The number of hydrogen-bond donors (Lipinski definition) is 0. The van der Waals surface area contributed by atoms with Gasteiger partial charge in [-0.2, -0.15) is 0 Å². The molecular weight excluding hydrogens is 204 g/mol. The van der Waals surface area contributed by atoms with Crippen LogP contribution in [0.25, 0.3) is 20.9 Å². The Bertz CT molecular complexity index is 460. The van der Waals surface area contributed by atoms with Gasteiger partial charge in [0.05, 0.1) is 11.8 Å². The van der Waals surface area contributed by atoms with Crippen molar-refractivity contribution >= 4 is 11.8 Å². The predicted molar refractivity (Wildman–Crippen MR) is 45.7 cm³/mol. The SMILES string of the molecule is [N-]=[N+]=NC(=O)c1ccoc1C(=O)N=[N+]=[N-]. The monoisotopic (exact) mass is 206 g/mol. The lowest BCUT2D eigenvalue weighted by Gasteiger charge is -1.91. The van der Waals surface area contributed by atoms with Gasteiger partial charge in [-0.1, -0.05) is 0 Å². The number of amides is 2. The van der Waals surface area contributed by atoms with Gasteiger partial charge in [0, 0.05) is 9.82 Å². The summed E-state index contributed by atoms with van der Waals surface area (Å²) in [6.07, 6.45) is 1.04. The van der Waals surface area contributed by atoms with Gasteiger partial charge in [-0.15, -0.1) is 0 Å². The van der Waals surface area contributed by atoms with E-state index >= 15 is 0 Å². The van der Waals surface area contributed by atoms with Crippen LogP contribution in [-0.4, -0.2) is 11.8 Å². The molecule has 0 spiro atoms. The molecule has 0 radical (unpaired) electrons. The topological polar surface area (TPSA) is 145 Å². The van der Waals surface area contributed by atoms with Gasteiger partial charge in [0.2, 0.25) is 0 Å². The van der Waals surface area contributed by atoms with Crippen LogP contribution in [-0.2, 0) is 0 Å². The van der Waals surface area contributed by atoms with E-state index in [-0.39, 0.29) is 5.56 Å². The quantitative estimate of drug-likeness (QED) is 0.415. The average Bonchev–Trinajstić information content (AvgIpc) is 2.66. The molecule has 0 N–H and O–H groups in total. The van der Waals surface area contributed by atoms with Crippen molar-refractivity contribution < 1.29 is 14.0 Å². The molecule has 9 heteroatoms. The zero-order valence-corrected chi connectivity index (χ0v) is 7.06. The van der Waals surface area contributed by atoms with Crippen molar-refractivity contribution in [2.45, 2.75) is 0 Å². The fraction of sp³-hybridized carbons (Fsp3) is 0. The Labute approximate surface area is 81.5 Å². The Morgan fingerprint density at radius 1 is 1.20 bits per heavy atom. The summed E-state index contributed by atoms with van der Waals surface area (Å²) in [5.74, 6) is -2.49. The van der Waals surface area contributed by atoms with Crippen LogP contribution < -0.4 is 0 Å². The van der Waals surface area contributed by atoms with Crippen LogP contribution in [0.2, 0.25) is 0 Å². The van der Waals surface area contributed by atoms with Crippen LogP contribution in [0.1, 0.15) is 20.9 Å². The van der Waals surface area contributed by atoms with Crippen molar-refractivity contribution in [3.05, 3.63) is 44.5 Å². The second-order valence-electron chi connectivity index (χ2n) is 2.15. The molecule has 0 fully saturated rings. The first-order chi connectivity index (χ1) is 7.20. The maximum Gasteiger partial charge on any atom is 0.284 e. The number of carbonyl (C=O) groups excluding carboxylic acids is 2. The number of nitrogens with zero attached hydrogens (tertiary/aromatic N) is 6. The van der Waals surface area contributed by atoms with E-state index in [2.05, 4.69) is 24.5 Å². The van der Waals surface area contributed by atoms with Crippen molar-refractivity contribution in [2.75, 3.05) is 0 Å². The van der Waals surface area contributed by atoms with E-state index < -0.39 is 17.6 Å². The molecule has 0 atom stereocenters. The lowest BCUT2D eigenvalue weighted by Crippen LogP contribution is -2.01. The second kappa shape index (κ2) is 4.47. The first-order valence-corrected chi connectivity index (χ1v) is 3.47. The summed E-state index contributed by atoms with van der Waals surface area (Å²) in [5.41, 5.74) is 15.8. The van der Waals surface area contributed by atoms with E-state index in [1.807, 2.05) is 0 Å². The maximum absolute atomic E-state index is 11.1. The van der Waals surface area contributed by atoms with Crippen LogP contribution >= 0.6 is 0 Å². The van der Waals surface area contributed by atoms with Crippen molar-refractivity contribution in [1.29, 1.82) is 0 Å². The molecule has 0 aliphatic heterocycles. The summed E-state index contributed by atoms with van der Waals surface area (Å²) in [5, 5.41) is 5.50. The van der Waals surface area contributed by atoms with E-state index in [0.717, 1.165) is 12.3 Å². The predicted octanol–water partition coefficient (Wildman–Crippen LogP) is 2.18. The summed E-state index contributed by atoms with van der Waals surface area (Å²) < 4.78 is 4.63. The number of azide groups is 2. The third-order valence-corrected chi connectivity index (χ3v) is 1.36. The third kappa shape index (κ3) is 2.13. The van der Waals surface area contributed by atoms with Gasteiger partial charge in [0.15, 0.2) is 5.76 Å². The lowest BCUT2D eigenvalue weighted by molar-refractivity contribution is 0.0948. The molecule has 2 amide bonds. The van der Waals surface area contributed by atoms with Gasteiger partial charge < -0.3 is 4.42 Å².